The normalized spacial score (nSPS) is 11.6. The van der Waals surface area contributed by atoms with Crippen LogP contribution in [0.1, 0.15) is 11.5 Å². The standard InChI is InChI=1S/C26H21N2O2P/c29-31(22-9-3-1-4-10-22,23-11-5-2-6-12-23)25-17-19-30-24(25)16-15-21-14-13-20-8-7-18-27-26(20)28-21/h1-14,17-19H,15-16H2. The van der Waals surface area contributed by atoms with Crippen molar-refractivity contribution >= 4 is 34.1 Å². The lowest BCUT2D eigenvalue weighted by molar-refractivity contribution is 0.510. The first kappa shape index (κ1) is 19.5. The van der Waals surface area contributed by atoms with Gasteiger partial charge in [-0.15, -0.1) is 0 Å². The Balaban J connectivity index is 1.51. The minimum absolute atomic E-state index is 0.608. The molecule has 2 aromatic carbocycles. The predicted octanol–water partition coefficient (Wildman–Crippen LogP) is 4.65. The summed E-state index contributed by atoms with van der Waals surface area (Å²) in [5.74, 6) is 0.735. The number of rotatable bonds is 6. The van der Waals surface area contributed by atoms with Crippen LogP contribution in [-0.2, 0) is 17.4 Å². The van der Waals surface area contributed by atoms with E-state index in [-0.39, 0.29) is 0 Å². The molecule has 0 aliphatic carbocycles. The third kappa shape index (κ3) is 3.71. The summed E-state index contributed by atoms with van der Waals surface area (Å²) in [6.07, 6.45) is 4.67. The molecule has 152 valence electrons. The van der Waals surface area contributed by atoms with Gasteiger partial charge in [-0.1, -0.05) is 60.7 Å². The molecule has 0 bridgehead atoms. The van der Waals surface area contributed by atoms with Gasteiger partial charge in [-0.05, 0) is 36.8 Å². The zero-order valence-electron chi connectivity index (χ0n) is 16.9. The van der Waals surface area contributed by atoms with Gasteiger partial charge in [0.1, 0.15) is 5.76 Å². The average Bonchev–Trinajstić information content (AvgIpc) is 3.32. The fraction of sp³-hybridized carbons (Fsp3) is 0.0769. The lowest BCUT2D eigenvalue weighted by atomic mass is 10.1. The zero-order chi connectivity index (χ0) is 21.1. The smallest absolute Gasteiger partial charge is 0.174 e. The number of furan rings is 1. The van der Waals surface area contributed by atoms with Gasteiger partial charge in [-0.25, -0.2) is 9.97 Å². The second-order valence-electron chi connectivity index (χ2n) is 7.36. The molecule has 31 heavy (non-hydrogen) atoms. The number of benzene rings is 2. The van der Waals surface area contributed by atoms with Crippen molar-refractivity contribution in [2.24, 2.45) is 0 Å². The number of aryl methyl sites for hydroxylation is 2. The molecule has 0 saturated heterocycles. The van der Waals surface area contributed by atoms with Gasteiger partial charge in [0.2, 0.25) is 0 Å². The number of hydrogen-bond donors (Lipinski definition) is 0. The molecule has 0 atom stereocenters. The van der Waals surface area contributed by atoms with Crippen LogP contribution in [0.4, 0.5) is 0 Å². The number of nitrogens with zero attached hydrogens (tertiary/aromatic N) is 2. The molecule has 0 fully saturated rings. The maximum atomic E-state index is 14.6. The Bertz CT molecular complexity index is 1320. The van der Waals surface area contributed by atoms with Crippen LogP contribution < -0.4 is 15.9 Å². The second-order valence-corrected chi connectivity index (χ2v) is 10.1. The monoisotopic (exact) mass is 424 g/mol. The summed E-state index contributed by atoms with van der Waals surface area (Å²) >= 11 is 0. The Hall–Kier alpha value is -3.49. The molecule has 3 aromatic heterocycles. The Labute approximate surface area is 181 Å². The summed E-state index contributed by atoms with van der Waals surface area (Å²) in [5, 5.41) is 3.38. The molecule has 0 N–H and O–H groups in total. The number of pyridine rings is 2. The van der Waals surface area contributed by atoms with E-state index in [1.807, 2.05) is 91.0 Å². The van der Waals surface area contributed by atoms with Crippen LogP contribution in [0.5, 0.6) is 0 Å². The SMILES string of the molecule is O=P(c1ccccc1)(c1ccccc1)c1ccoc1CCc1ccc2cccnc2n1. The largest absolute Gasteiger partial charge is 0.469 e. The molecular formula is C26H21N2O2P. The molecule has 5 rings (SSSR count). The van der Waals surface area contributed by atoms with E-state index in [1.54, 1.807) is 12.5 Å². The summed E-state index contributed by atoms with van der Waals surface area (Å²) in [6, 6.07) is 29.1. The van der Waals surface area contributed by atoms with E-state index in [9.17, 15) is 4.57 Å². The highest BCUT2D eigenvalue weighted by atomic mass is 31.2. The van der Waals surface area contributed by atoms with E-state index in [1.165, 1.54) is 0 Å². The molecule has 4 nitrogen and oxygen atoms in total. The quantitative estimate of drug-likeness (QED) is 0.373. The van der Waals surface area contributed by atoms with Crippen molar-refractivity contribution in [1.82, 2.24) is 9.97 Å². The Morgan fingerprint density at radius 1 is 0.742 bits per heavy atom. The zero-order valence-corrected chi connectivity index (χ0v) is 17.8. The average molecular weight is 424 g/mol. The maximum absolute atomic E-state index is 14.6. The molecule has 0 saturated carbocycles. The van der Waals surface area contributed by atoms with Gasteiger partial charge < -0.3 is 8.98 Å². The van der Waals surface area contributed by atoms with Crippen LogP contribution in [0.15, 0.2) is 108 Å². The molecule has 3 heterocycles. The molecule has 0 radical (unpaired) electrons. The molecular weight excluding hydrogens is 403 g/mol. The van der Waals surface area contributed by atoms with Gasteiger partial charge in [0.05, 0.1) is 11.6 Å². The number of aromatic nitrogens is 2. The van der Waals surface area contributed by atoms with Crippen molar-refractivity contribution in [3.05, 3.63) is 115 Å². The van der Waals surface area contributed by atoms with E-state index < -0.39 is 7.14 Å². The fourth-order valence-corrected chi connectivity index (χ4v) is 6.70. The highest BCUT2D eigenvalue weighted by Crippen LogP contribution is 2.43. The van der Waals surface area contributed by atoms with Crippen LogP contribution in [-0.4, -0.2) is 9.97 Å². The maximum Gasteiger partial charge on any atom is 0.174 e. The summed E-state index contributed by atoms with van der Waals surface area (Å²) < 4.78 is 20.4. The molecule has 0 spiro atoms. The Morgan fingerprint density at radius 3 is 2.16 bits per heavy atom. The topological polar surface area (TPSA) is 56.0 Å². The molecule has 0 aliphatic rings. The van der Waals surface area contributed by atoms with Crippen LogP contribution in [0.2, 0.25) is 0 Å². The third-order valence-corrected chi connectivity index (χ3v) is 8.56. The van der Waals surface area contributed by atoms with Gasteiger partial charge >= 0.3 is 0 Å². The van der Waals surface area contributed by atoms with Crippen molar-refractivity contribution in [1.29, 1.82) is 0 Å². The summed E-state index contributed by atoms with van der Waals surface area (Å²) in [6.45, 7) is 0. The van der Waals surface area contributed by atoms with E-state index in [0.29, 0.717) is 12.8 Å². The molecule has 5 heteroatoms. The highest BCUT2D eigenvalue weighted by Gasteiger charge is 2.33. The minimum atomic E-state index is -3.05. The van der Waals surface area contributed by atoms with Crippen molar-refractivity contribution in [2.75, 3.05) is 0 Å². The van der Waals surface area contributed by atoms with Crippen molar-refractivity contribution < 1.29 is 8.98 Å². The van der Waals surface area contributed by atoms with Crippen LogP contribution >= 0.6 is 7.14 Å². The van der Waals surface area contributed by atoms with Crippen LogP contribution in [0.25, 0.3) is 11.0 Å². The minimum Gasteiger partial charge on any atom is -0.469 e. The lowest BCUT2D eigenvalue weighted by Gasteiger charge is -2.19. The van der Waals surface area contributed by atoms with Crippen LogP contribution in [0.3, 0.4) is 0 Å². The Kier molecular flexibility index (Phi) is 5.23. The van der Waals surface area contributed by atoms with E-state index in [4.69, 9.17) is 4.42 Å². The first-order chi connectivity index (χ1) is 15.2. The summed E-state index contributed by atoms with van der Waals surface area (Å²) in [4.78, 5) is 9.00. The van der Waals surface area contributed by atoms with Crippen molar-refractivity contribution in [2.45, 2.75) is 12.8 Å². The van der Waals surface area contributed by atoms with E-state index in [2.05, 4.69) is 9.97 Å². The van der Waals surface area contributed by atoms with E-state index >= 15 is 0 Å². The first-order valence-corrected chi connectivity index (χ1v) is 11.9. The Morgan fingerprint density at radius 2 is 1.45 bits per heavy atom. The fourth-order valence-electron chi connectivity index (χ4n) is 3.88. The molecule has 5 aromatic rings. The molecule has 0 amide bonds. The van der Waals surface area contributed by atoms with Crippen molar-refractivity contribution in [3.8, 4) is 0 Å². The number of hydrogen-bond acceptors (Lipinski definition) is 4. The highest BCUT2D eigenvalue weighted by molar-refractivity contribution is 7.85. The molecule has 0 aliphatic heterocycles. The molecule has 0 unspecified atom stereocenters. The van der Waals surface area contributed by atoms with E-state index in [0.717, 1.165) is 38.4 Å². The number of fused-ring (bicyclic) bond motifs is 1. The summed E-state index contributed by atoms with van der Waals surface area (Å²) in [5.41, 5.74) is 1.67. The van der Waals surface area contributed by atoms with Gasteiger partial charge in [-0.3, -0.25) is 0 Å². The second kappa shape index (κ2) is 8.33. The third-order valence-electron chi connectivity index (χ3n) is 5.43. The predicted molar refractivity (Wildman–Crippen MR) is 125 cm³/mol. The summed E-state index contributed by atoms with van der Waals surface area (Å²) in [7, 11) is -3.05. The first-order valence-electron chi connectivity index (χ1n) is 10.2. The van der Waals surface area contributed by atoms with Crippen molar-refractivity contribution in [3.63, 3.8) is 0 Å². The lowest BCUT2D eigenvalue weighted by Crippen LogP contribution is -2.26. The van der Waals surface area contributed by atoms with Gasteiger partial charge in [0.25, 0.3) is 0 Å². The van der Waals surface area contributed by atoms with Gasteiger partial charge in [0, 0.05) is 34.3 Å². The van der Waals surface area contributed by atoms with Gasteiger partial charge in [0.15, 0.2) is 12.8 Å². The van der Waals surface area contributed by atoms with Crippen LogP contribution in [0, 0.1) is 0 Å². The van der Waals surface area contributed by atoms with Gasteiger partial charge in [-0.2, -0.15) is 0 Å².